The van der Waals surface area contributed by atoms with Crippen LogP contribution in [0.3, 0.4) is 0 Å². The first-order chi connectivity index (χ1) is 8.58. The Labute approximate surface area is 102 Å². The quantitative estimate of drug-likeness (QED) is 0.714. The Hall–Kier alpha value is -2.28. The summed E-state index contributed by atoms with van der Waals surface area (Å²) in [6.07, 6.45) is 0. The fourth-order valence-corrected chi connectivity index (χ4v) is 1.34. The van der Waals surface area contributed by atoms with E-state index in [1.54, 1.807) is 6.07 Å². The molecule has 1 aliphatic rings. The molecular weight excluding hydrogens is 241 g/mol. The minimum Gasteiger partial charge on any atom is -0.483 e. The largest absolute Gasteiger partial charge is 0.483 e. The van der Waals surface area contributed by atoms with Gasteiger partial charge in [-0.05, 0) is 12.1 Å². The van der Waals surface area contributed by atoms with E-state index >= 15 is 0 Å². The summed E-state index contributed by atoms with van der Waals surface area (Å²) in [6.45, 7) is -0.217. The molecule has 0 saturated heterocycles. The molecule has 2 amide bonds. The van der Waals surface area contributed by atoms with Crippen LogP contribution in [0.4, 0.5) is 4.39 Å². The Balaban J connectivity index is 2.04. The molecule has 0 radical (unpaired) electrons. The van der Waals surface area contributed by atoms with E-state index in [4.69, 9.17) is 10.5 Å². The molecule has 1 aromatic rings. The van der Waals surface area contributed by atoms with E-state index < -0.39 is 23.7 Å². The van der Waals surface area contributed by atoms with Gasteiger partial charge in [0.2, 0.25) is 0 Å². The summed E-state index contributed by atoms with van der Waals surface area (Å²) in [5, 5.41) is 2.30. The second-order valence-electron chi connectivity index (χ2n) is 3.58. The summed E-state index contributed by atoms with van der Waals surface area (Å²) in [4.78, 5) is 25.9. The fourth-order valence-electron chi connectivity index (χ4n) is 1.34. The van der Waals surface area contributed by atoms with Crippen molar-refractivity contribution in [3.63, 3.8) is 0 Å². The van der Waals surface area contributed by atoms with Crippen molar-refractivity contribution < 1.29 is 18.7 Å². The topological polar surface area (TPSA) is 93.8 Å². The fraction of sp³-hybridized carbons (Fsp3) is 0.182. The van der Waals surface area contributed by atoms with Crippen molar-refractivity contribution >= 4 is 17.6 Å². The van der Waals surface area contributed by atoms with Gasteiger partial charge in [0.15, 0.2) is 23.4 Å². The lowest BCUT2D eigenvalue weighted by molar-refractivity contribution is -0.129. The predicted octanol–water partition coefficient (Wildman–Crippen LogP) is -0.413. The van der Waals surface area contributed by atoms with Crippen molar-refractivity contribution in [1.29, 1.82) is 0 Å². The number of halogens is 1. The molecule has 1 aliphatic heterocycles. The van der Waals surface area contributed by atoms with E-state index in [0.29, 0.717) is 0 Å². The Morgan fingerprint density at radius 3 is 2.78 bits per heavy atom. The molecule has 0 spiro atoms. The number of hydrogen-bond acceptors (Lipinski definition) is 4. The van der Waals surface area contributed by atoms with Gasteiger partial charge in [0.05, 0.1) is 0 Å². The number of amidine groups is 1. The Kier molecular flexibility index (Phi) is 3.33. The van der Waals surface area contributed by atoms with Gasteiger partial charge in [0.1, 0.15) is 6.61 Å². The van der Waals surface area contributed by atoms with Crippen LogP contribution < -0.4 is 15.8 Å². The summed E-state index contributed by atoms with van der Waals surface area (Å²) in [6, 6.07) is 4.49. The molecule has 6 nitrogen and oxygen atoms in total. The molecule has 1 unspecified atom stereocenters. The van der Waals surface area contributed by atoms with Crippen molar-refractivity contribution in [2.75, 3.05) is 6.61 Å². The van der Waals surface area contributed by atoms with Crippen LogP contribution in [0.1, 0.15) is 0 Å². The number of hydrogen-bond donors (Lipinski definition) is 2. The molecule has 18 heavy (non-hydrogen) atoms. The van der Waals surface area contributed by atoms with Crippen LogP contribution in [-0.4, -0.2) is 30.3 Å². The monoisotopic (exact) mass is 251 g/mol. The summed E-state index contributed by atoms with van der Waals surface area (Å²) < 4.78 is 18.3. The highest BCUT2D eigenvalue weighted by molar-refractivity contribution is 6.18. The molecule has 1 atom stereocenters. The van der Waals surface area contributed by atoms with Crippen LogP contribution in [0.25, 0.3) is 0 Å². The maximum atomic E-state index is 13.2. The maximum Gasteiger partial charge on any atom is 0.274 e. The van der Waals surface area contributed by atoms with Crippen molar-refractivity contribution in [2.45, 2.75) is 6.04 Å². The summed E-state index contributed by atoms with van der Waals surface area (Å²) in [7, 11) is 0. The molecule has 7 heteroatoms. The Morgan fingerprint density at radius 1 is 1.39 bits per heavy atom. The minimum absolute atomic E-state index is 0.00922. The highest BCUT2D eigenvalue weighted by atomic mass is 19.1. The molecular formula is C11H10FN3O3. The van der Waals surface area contributed by atoms with Gasteiger partial charge in [-0.25, -0.2) is 4.39 Å². The average Bonchev–Trinajstić information content (AvgIpc) is 2.35. The number of aliphatic imine (C=N–C) groups is 1. The lowest BCUT2D eigenvalue weighted by Gasteiger charge is -2.17. The van der Waals surface area contributed by atoms with Gasteiger partial charge in [0, 0.05) is 0 Å². The standard InChI is InChI=1S/C11H10FN3O3/c12-6-3-1-2-4-7(6)18-5-8-14-10(16)9(13)11(17)15-8/h1-4,9H,5,13H2,(H,14,15,16,17). The van der Waals surface area contributed by atoms with Gasteiger partial charge < -0.3 is 15.8 Å². The van der Waals surface area contributed by atoms with Gasteiger partial charge in [-0.3, -0.25) is 9.59 Å². The van der Waals surface area contributed by atoms with Crippen molar-refractivity contribution in [3.8, 4) is 5.75 Å². The number of nitrogens with zero attached hydrogens (tertiary/aromatic N) is 1. The number of ether oxygens (including phenoxy) is 1. The van der Waals surface area contributed by atoms with Crippen molar-refractivity contribution in [1.82, 2.24) is 5.32 Å². The number of benzene rings is 1. The van der Waals surface area contributed by atoms with E-state index in [1.165, 1.54) is 18.2 Å². The third-order valence-electron chi connectivity index (χ3n) is 2.26. The van der Waals surface area contributed by atoms with Gasteiger partial charge in [-0.1, -0.05) is 12.1 Å². The van der Waals surface area contributed by atoms with Crippen LogP contribution in [0, 0.1) is 5.82 Å². The third kappa shape index (κ3) is 2.51. The molecule has 1 heterocycles. The molecule has 1 aromatic carbocycles. The second-order valence-corrected chi connectivity index (χ2v) is 3.58. The van der Waals surface area contributed by atoms with Crippen LogP contribution in [-0.2, 0) is 9.59 Å². The average molecular weight is 251 g/mol. The third-order valence-corrected chi connectivity index (χ3v) is 2.26. The number of carbonyl (C=O) groups is 2. The summed E-state index contributed by atoms with van der Waals surface area (Å²) in [5.74, 6) is -1.91. The van der Waals surface area contributed by atoms with E-state index in [1.807, 2.05) is 0 Å². The van der Waals surface area contributed by atoms with E-state index in [0.717, 1.165) is 0 Å². The lowest BCUT2D eigenvalue weighted by atomic mass is 10.2. The van der Waals surface area contributed by atoms with Crippen LogP contribution >= 0.6 is 0 Å². The Morgan fingerprint density at radius 2 is 2.11 bits per heavy atom. The van der Waals surface area contributed by atoms with Crippen LogP contribution in [0.5, 0.6) is 5.75 Å². The Bertz CT molecular complexity index is 530. The molecule has 3 N–H and O–H groups in total. The highest BCUT2D eigenvalue weighted by Crippen LogP contribution is 2.15. The highest BCUT2D eigenvalue weighted by Gasteiger charge is 2.28. The zero-order valence-corrected chi connectivity index (χ0v) is 9.22. The molecule has 0 aromatic heterocycles. The van der Waals surface area contributed by atoms with Crippen LogP contribution in [0.15, 0.2) is 29.3 Å². The van der Waals surface area contributed by atoms with E-state index in [9.17, 15) is 14.0 Å². The second kappa shape index (κ2) is 4.92. The first-order valence-electron chi connectivity index (χ1n) is 5.13. The van der Waals surface area contributed by atoms with Gasteiger partial charge in [-0.15, -0.1) is 0 Å². The number of nitrogens with one attached hydrogen (secondary N) is 1. The summed E-state index contributed by atoms with van der Waals surface area (Å²) >= 11 is 0. The number of nitrogens with two attached hydrogens (primary N) is 1. The molecule has 0 aliphatic carbocycles. The predicted molar refractivity (Wildman–Crippen MR) is 60.5 cm³/mol. The smallest absolute Gasteiger partial charge is 0.274 e. The van der Waals surface area contributed by atoms with E-state index in [2.05, 4.69) is 10.3 Å². The van der Waals surface area contributed by atoms with Crippen molar-refractivity contribution in [3.05, 3.63) is 30.1 Å². The van der Waals surface area contributed by atoms with Gasteiger partial charge in [-0.2, -0.15) is 4.99 Å². The molecule has 0 fully saturated rings. The zero-order chi connectivity index (χ0) is 13.1. The summed E-state index contributed by atoms with van der Waals surface area (Å²) in [5.41, 5.74) is 5.25. The molecule has 94 valence electrons. The SMILES string of the molecule is NC1C(=O)N=C(COc2ccccc2F)NC1=O. The normalized spacial score (nSPS) is 19.2. The molecule has 0 bridgehead atoms. The van der Waals surface area contributed by atoms with E-state index in [-0.39, 0.29) is 18.2 Å². The van der Waals surface area contributed by atoms with Gasteiger partial charge >= 0.3 is 0 Å². The maximum absolute atomic E-state index is 13.2. The molecule has 0 saturated carbocycles. The van der Waals surface area contributed by atoms with Crippen molar-refractivity contribution in [2.24, 2.45) is 10.7 Å². The van der Waals surface area contributed by atoms with Gasteiger partial charge in [0.25, 0.3) is 11.8 Å². The molecule has 2 rings (SSSR count). The number of carbonyl (C=O) groups excluding carboxylic acids is 2. The number of amides is 2. The number of rotatable bonds is 3. The zero-order valence-electron chi connectivity index (χ0n) is 9.22. The number of para-hydroxylation sites is 1. The minimum atomic E-state index is -1.29. The lowest BCUT2D eigenvalue weighted by Crippen LogP contribution is -2.53. The van der Waals surface area contributed by atoms with Crippen LogP contribution in [0.2, 0.25) is 0 Å². The first-order valence-corrected chi connectivity index (χ1v) is 5.13. The first kappa shape index (κ1) is 12.2.